The third kappa shape index (κ3) is 2.61. The molecule has 0 bridgehead atoms. The van der Waals surface area contributed by atoms with Gasteiger partial charge in [0, 0.05) is 0 Å². The topological polar surface area (TPSA) is 83.8 Å². The van der Waals surface area contributed by atoms with Crippen LogP contribution in [-0.4, -0.2) is 29.3 Å². The second-order valence-corrected chi connectivity index (χ2v) is 3.63. The maximum absolute atomic E-state index is 12.8. The van der Waals surface area contributed by atoms with Gasteiger partial charge in [-0.1, -0.05) is 0 Å². The molecule has 0 amide bonds. The summed E-state index contributed by atoms with van der Waals surface area (Å²) in [6.45, 7) is 1.13. The minimum Gasteiger partial charge on any atom is -0.495 e. The third-order valence-corrected chi connectivity index (χ3v) is 2.42. The first kappa shape index (κ1) is 14.8. The fraction of sp³-hybridized carbons (Fsp3) is 0.273. The van der Waals surface area contributed by atoms with E-state index in [1.807, 2.05) is 0 Å². The Hall–Kier alpha value is -2.25. The van der Waals surface area contributed by atoms with E-state index in [1.54, 1.807) is 0 Å². The number of benzene rings is 1. The lowest BCUT2D eigenvalue weighted by molar-refractivity contribution is -0.138. The average Bonchev–Trinajstić information content (AvgIpc) is 2.24. The molecule has 0 aromatic heterocycles. The lowest BCUT2D eigenvalue weighted by atomic mass is 9.97. The van der Waals surface area contributed by atoms with Gasteiger partial charge in [-0.3, -0.25) is 0 Å². The number of aryl methyl sites for hydroxylation is 1. The van der Waals surface area contributed by atoms with Gasteiger partial charge < -0.3 is 14.9 Å². The van der Waals surface area contributed by atoms with E-state index in [0.29, 0.717) is 6.07 Å². The largest absolute Gasteiger partial charge is 0.495 e. The van der Waals surface area contributed by atoms with Crippen molar-refractivity contribution < 1.29 is 37.7 Å². The Morgan fingerprint density at radius 1 is 1.16 bits per heavy atom. The maximum Gasteiger partial charge on any atom is 0.417 e. The molecular weight excluding hydrogens is 269 g/mol. The monoisotopic (exact) mass is 278 g/mol. The highest BCUT2D eigenvalue weighted by atomic mass is 19.4. The molecule has 5 nitrogen and oxygen atoms in total. The van der Waals surface area contributed by atoms with Gasteiger partial charge in [-0.05, 0) is 18.6 Å². The second-order valence-electron chi connectivity index (χ2n) is 3.63. The first-order chi connectivity index (χ1) is 8.61. The first-order valence-corrected chi connectivity index (χ1v) is 4.86. The van der Waals surface area contributed by atoms with E-state index in [4.69, 9.17) is 10.2 Å². The molecule has 0 aliphatic heterocycles. The van der Waals surface area contributed by atoms with Crippen molar-refractivity contribution in [2.24, 2.45) is 0 Å². The summed E-state index contributed by atoms with van der Waals surface area (Å²) in [6, 6.07) is 0.482. The summed E-state index contributed by atoms with van der Waals surface area (Å²) in [7, 11) is 0.911. The molecule has 0 aliphatic rings. The van der Waals surface area contributed by atoms with Crippen molar-refractivity contribution in [1.82, 2.24) is 0 Å². The Kier molecular flexibility index (Phi) is 3.73. The Morgan fingerprint density at radius 2 is 1.63 bits per heavy atom. The highest BCUT2D eigenvalue weighted by Gasteiger charge is 2.39. The van der Waals surface area contributed by atoms with E-state index in [1.165, 1.54) is 0 Å². The normalized spacial score (nSPS) is 11.2. The Labute approximate surface area is 105 Å². The standard InChI is InChI=1S/C11H9F3O5/c1-4-3-5(11(12,13)14)7(10(17)18)8(19-2)6(4)9(15)16/h3H,1-2H3,(H,15,16)(H,17,18). The zero-order valence-corrected chi connectivity index (χ0v) is 9.83. The Bertz CT molecular complexity index is 548. The molecule has 0 saturated carbocycles. The van der Waals surface area contributed by atoms with Crippen LogP contribution in [0.2, 0.25) is 0 Å². The van der Waals surface area contributed by atoms with Gasteiger partial charge in [-0.2, -0.15) is 13.2 Å². The molecule has 19 heavy (non-hydrogen) atoms. The van der Waals surface area contributed by atoms with Crippen molar-refractivity contribution in [2.75, 3.05) is 7.11 Å². The van der Waals surface area contributed by atoms with Crippen LogP contribution in [0, 0.1) is 6.92 Å². The van der Waals surface area contributed by atoms with Crippen LogP contribution in [0.5, 0.6) is 5.75 Å². The number of rotatable bonds is 3. The number of hydrogen-bond acceptors (Lipinski definition) is 3. The molecule has 0 saturated heterocycles. The van der Waals surface area contributed by atoms with E-state index >= 15 is 0 Å². The number of halogens is 3. The Balaban J connectivity index is 3.86. The van der Waals surface area contributed by atoms with E-state index in [-0.39, 0.29) is 5.56 Å². The predicted molar refractivity (Wildman–Crippen MR) is 56.7 cm³/mol. The quantitative estimate of drug-likeness (QED) is 0.887. The predicted octanol–water partition coefficient (Wildman–Crippen LogP) is 2.42. The number of carboxylic acid groups (broad SMARTS) is 2. The van der Waals surface area contributed by atoms with E-state index in [9.17, 15) is 22.8 Å². The van der Waals surface area contributed by atoms with Gasteiger partial charge >= 0.3 is 18.1 Å². The van der Waals surface area contributed by atoms with E-state index in [2.05, 4.69) is 4.74 Å². The summed E-state index contributed by atoms with van der Waals surface area (Å²) in [5.74, 6) is -4.29. The van der Waals surface area contributed by atoms with Crippen molar-refractivity contribution in [3.63, 3.8) is 0 Å². The molecule has 2 N–H and O–H groups in total. The van der Waals surface area contributed by atoms with Gasteiger partial charge in [-0.25, -0.2) is 9.59 Å². The molecule has 104 valence electrons. The van der Waals surface area contributed by atoms with Crippen LogP contribution in [-0.2, 0) is 6.18 Å². The van der Waals surface area contributed by atoms with Gasteiger partial charge in [0.1, 0.15) is 16.9 Å². The van der Waals surface area contributed by atoms with Crippen LogP contribution >= 0.6 is 0 Å². The number of hydrogen-bond donors (Lipinski definition) is 2. The second kappa shape index (κ2) is 4.79. The van der Waals surface area contributed by atoms with Gasteiger partial charge in [-0.15, -0.1) is 0 Å². The maximum atomic E-state index is 12.8. The summed E-state index contributed by atoms with van der Waals surface area (Å²) < 4.78 is 42.9. The van der Waals surface area contributed by atoms with Crippen LogP contribution in [0.1, 0.15) is 31.8 Å². The number of carbonyl (C=O) groups is 2. The van der Waals surface area contributed by atoms with Crippen LogP contribution < -0.4 is 4.74 Å². The lowest BCUT2D eigenvalue weighted by Gasteiger charge is -2.17. The van der Waals surface area contributed by atoms with Gasteiger partial charge in [0.15, 0.2) is 0 Å². The van der Waals surface area contributed by atoms with Gasteiger partial charge in [0.25, 0.3) is 0 Å². The molecule has 0 radical (unpaired) electrons. The molecule has 0 fully saturated rings. The fourth-order valence-corrected chi connectivity index (χ4v) is 1.69. The van der Waals surface area contributed by atoms with Crippen molar-refractivity contribution >= 4 is 11.9 Å². The summed E-state index contributed by atoms with van der Waals surface area (Å²) in [5.41, 5.74) is -3.49. The van der Waals surface area contributed by atoms with Gasteiger partial charge in [0.2, 0.25) is 0 Å². The highest BCUT2D eigenvalue weighted by Crippen LogP contribution is 2.39. The highest BCUT2D eigenvalue weighted by molar-refractivity contribution is 6.01. The number of carboxylic acids is 2. The minimum absolute atomic E-state index is 0.235. The average molecular weight is 278 g/mol. The van der Waals surface area contributed by atoms with Crippen molar-refractivity contribution in [3.8, 4) is 5.75 Å². The molecule has 1 aromatic carbocycles. The summed E-state index contributed by atoms with van der Waals surface area (Å²) in [6.07, 6.45) is -4.93. The summed E-state index contributed by atoms with van der Waals surface area (Å²) >= 11 is 0. The lowest BCUT2D eigenvalue weighted by Crippen LogP contribution is -2.18. The smallest absolute Gasteiger partial charge is 0.417 e. The van der Waals surface area contributed by atoms with Crippen LogP contribution in [0.15, 0.2) is 6.07 Å². The number of aromatic carboxylic acids is 2. The van der Waals surface area contributed by atoms with Crippen molar-refractivity contribution in [3.05, 3.63) is 28.3 Å². The SMILES string of the molecule is COc1c(C(=O)O)c(C)cc(C(F)(F)F)c1C(=O)O. The molecule has 0 atom stereocenters. The Morgan fingerprint density at radius 3 is 1.95 bits per heavy atom. The fourth-order valence-electron chi connectivity index (χ4n) is 1.69. The van der Waals surface area contributed by atoms with Crippen LogP contribution in [0.25, 0.3) is 0 Å². The van der Waals surface area contributed by atoms with E-state index in [0.717, 1.165) is 14.0 Å². The zero-order valence-electron chi connectivity index (χ0n) is 9.83. The zero-order chi connectivity index (χ0) is 15.0. The molecular formula is C11H9F3O5. The molecule has 1 aromatic rings. The number of alkyl halides is 3. The molecule has 0 unspecified atom stereocenters. The number of ether oxygens (including phenoxy) is 1. The molecule has 1 rings (SSSR count). The molecule has 0 heterocycles. The minimum atomic E-state index is -4.93. The van der Waals surface area contributed by atoms with Crippen LogP contribution in [0.4, 0.5) is 13.2 Å². The summed E-state index contributed by atoms with van der Waals surface area (Å²) in [5, 5.41) is 17.8. The summed E-state index contributed by atoms with van der Waals surface area (Å²) in [4.78, 5) is 21.9. The molecule has 0 spiro atoms. The van der Waals surface area contributed by atoms with E-state index < -0.39 is 40.6 Å². The van der Waals surface area contributed by atoms with Crippen molar-refractivity contribution in [2.45, 2.75) is 13.1 Å². The van der Waals surface area contributed by atoms with Crippen molar-refractivity contribution in [1.29, 1.82) is 0 Å². The molecule has 8 heteroatoms. The third-order valence-electron chi connectivity index (χ3n) is 2.42. The van der Waals surface area contributed by atoms with Crippen LogP contribution in [0.3, 0.4) is 0 Å². The molecule has 0 aliphatic carbocycles. The van der Waals surface area contributed by atoms with Gasteiger partial charge in [0.05, 0.1) is 12.7 Å². The first-order valence-electron chi connectivity index (χ1n) is 4.86. The number of methoxy groups -OCH3 is 1.